The van der Waals surface area contributed by atoms with Crippen molar-refractivity contribution >= 4 is 39.5 Å². The van der Waals surface area contributed by atoms with E-state index in [1.54, 1.807) is 11.9 Å². The van der Waals surface area contributed by atoms with E-state index in [-0.39, 0.29) is 18.1 Å². The molecule has 0 aromatic heterocycles. The molecule has 2 aliphatic heterocycles. The minimum absolute atomic E-state index is 0.0898. The number of nitrogens with one attached hydrogen (secondary N) is 3. The van der Waals surface area contributed by atoms with E-state index in [0.717, 1.165) is 29.5 Å². The van der Waals surface area contributed by atoms with Crippen LogP contribution in [-0.2, 0) is 4.79 Å². The second kappa shape index (κ2) is 6.56. The normalized spacial score (nSPS) is 24.6. The molecule has 2 atom stereocenters. The predicted octanol–water partition coefficient (Wildman–Crippen LogP) is 2.01. The summed E-state index contributed by atoms with van der Waals surface area (Å²) in [6.07, 6.45) is 2.19. The van der Waals surface area contributed by atoms with Gasteiger partial charge in [-0.3, -0.25) is 4.79 Å². The van der Waals surface area contributed by atoms with Gasteiger partial charge in [0.15, 0.2) is 0 Å². The summed E-state index contributed by atoms with van der Waals surface area (Å²) < 4.78 is 4.51. The van der Waals surface area contributed by atoms with Crippen LogP contribution in [0.15, 0.2) is 27.6 Å². The van der Waals surface area contributed by atoms with Crippen LogP contribution in [0.2, 0.25) is 0 Å². The molecule has 0 aliphatic carbocycles. The van der Waals surface area contributed by atoms with Crippen molar-refractivity contribution in [2.45, 2.75) is 29.9 Å². The first-order valence-electron chi connectivity index (χ1n) is 7.11. The molecule has 0 radical (unpaired) electrons. The van der Waals surface area contributed by atoms with Gasteiger partial charge in [0, 0.05) is 15.9 Å². The Morgan fingerprint density at radius 1 is 1.57 bits per heavy atom. The van der Waals surface area contributed by atoms with Gasteiger partial charge in [-0.05, 0) is 50.0 Å². The van der Waals surface area contributed by atoms with Gasteiger partial charge in [0.1, 0.15) is 6.17 Å². The molecule has 0 bridgehead atoms. The summed E-state index contributed by atoms with van der Waals surface area (Å²) in [4.78, 5) is 15.3. The van der Waals surface area contributed by atoms with Crippen LogP contribution in [0.1, 0.15) is 12.8 Å². The third-order valence-electron chi connectivity index (χ3n) is 3.88. The number of rotatable bonds is 3. The SMILES string of the molecule is CNCC(=O)N1CCCC1[C@H]1NSc2cc(Br)ccc2N1. The van der Waals surface area contributed by atoms with Gasteiger partial charge in [-0.15, -0.1) is 0 Å². The van der Waals surface area contributed by atoms with Crippen molar-refractivity contribution in [2.24, 2.45) is 0 Å². The van der Waals surface area contributed by atoms with E-state index < -0.39 is 0 Å². The van der Waals surface area contributed by atoms with E-state index in [1.807, 2.05) is 18.0 Å². The number of benzene rings is 1. The number of carbonyl (C=O) groups is 1. The summed E-state index contributed by atoms with van der Waals surface area (Å²) in [5.74, 6) is 0.176. The number of anilines is 1. The highest BCUT2D eigenvalue weighted by Crippen LogP contribution is 2.35. The van der Waals surface area contributed by atoms with E-state index in [0.29, 0.717) is 6.54 Å². The van der Waals surface area contributed by atoms with Gasteiger partial charge in [0.2, 0.25) is 5.91 Å². The molecule has 0 saturated carbocycles. The monoisotopic (exact) mass is 370 g/mol. The fourth-order valence-electron chi connectivity index (χ4n) is 2.90. The highest BCUT2D eigenvalue weighted by molar-refractivity contribution is 9.10. The van der Waals surface area contributed by atoms with Crippen LogP contribution in [0.5, 0.6) is 0 Å². The molecular formula is C14H19BrN4OS. The Morgan fingerprint density at radius 3 is 3.24 bits per heavy atom. The summed E-state index contributed by atoms with van der Waals surface area (Å²) in [6, 6.07) is 6.41. The Bertz CT molecular complexity index is 542. The molecule has 3 rings (SSSR count). The van der Waals surface area contributed by atoms with Gasteiger partial charge in [-0.2, -0.15) is 0 Å². The first kappa shape index (κ1) is 15.1. The van der Waals surface area contributed by atoms with Crippen molar-refractivity contribution < 1.29 is 4.79 Å². The largest absolute Gasteiger partial charge is 0.366 e. The maximum absolute atomic E-state index is 12.2. The Morgan fingerprint density at radius 2 is 2.43 bits per heavy atom. The van der Waals surface area contributed by atoms with Crippen molar-refractivity contribution in [2.75, 3.05) is 25.5 Å². The highest BCUT2D eigenvalue weighted by atomic mass is 79.9. The second-order valence-corrected chi connectivity index (χ2v) is 7.10. The topological polar surface area (TPSA) is 56.4 Å². The summed E-state index contributed by atoms with van der Waals surface area (Å²) in [5.41, 5.74) is 1.12. The number of likely N-dealkylation sites (tertiary alicyclic amines) is 1. The average molecular weight is 371 g/mol. The average Bonchev–Trinajstić information content (AvgIpc) is 2.96. The van der Waals surface area contributed by atoms with Crippen molar-refractivity contribution in [1.29, 1.82) is 0 Å². The predicted molar refractivity (Wildman–Crippen MR) is 89.2 cm³/mol. The van der Waals surface area contributed by atoms with E-state index >= 15 is 0 Å². The van der Waals surface area contributed by atoms with Crippen LogP contribution in [0.4, 0.5) is 5.69 Å². The van der Waals surface area contributed by atoms with E-state index in [9.17, 15) is 4.79 Å². The molecule has 0 spiro atoms. The van der Waals surface area contributed by atoms with Gasteiger partial charge in [0.25, 0.3) is 0 Å². The second-order valence-electron chi connectivity index (χ2n) is 5.31. The molecule has 1 amide bonds. The van der Waals surface area contributed by atoms with Crippen molar-refractivity contribution in [3.05, 3.63) is 22.7 Å². The lowest BCUT2D eigenvalue weighted by Crippen LogP contribution is -2.53. The van der Waals surface area contributed by atoms with Gasteiger partial charge >= 0.3 is 0 Å². The Labute approximate surface area is 137 Å². The minimum atomic E-state index is 0.0898. The molecule has 114 valence electrons. The van der Waals surface area contributed by atoms with Gasteiger partial charge in [-0.25, -0.2) is 4.72 Å². The van der Waals surface area contributed by atoms with Crippen LogP contribution in [0.25, 0.3) is 0 Å². The molecule has 1 fully saturated rings. The zero-order valence-electron chi connectivity index (χ0n) is 11.9. The molecule has 3 N–H and O–H groups in total. The number of halogens is 1. The fraction of sp³-hybridized carbons (Fsp3) is 0.500. The lowest BCUT2D eigenvalue weighted by atomic mass is 10.1. The smallest absolute Gasteiger partial charge is 0.236 e. The van der Waals surface area contributed by atoms with Gasteiger partial charge in [-0.1, -0.05) is 15.9 Å². The molecule has 5 nitrogen and oxygen atoms in total. The lowest BCUT2D eigenvalue weighted by molar-refractivity contribution is -0.131. The molecule has 2 aliphatic rings. The maximum Gasteiger partial charge on any atom is 0.236 e. The molecule has 21 heavy (non-hydrogen) atoms. The number of hydrogen-bond donors (Lipinski definition) is 3. The van der Waals surface area contributed by atoms with E-state index in [2.05, 4.69) is 43.4 Å². The van der Waals surface area contributed by atoms with E-state index in [1.165, 1.54) is 4.90 Å². The molecule has 1 unspecified atom stereocenters. The summed E-state index contributed by atoms with van der Waals surface area (Å²) in [7, 11) is 1.81. The summed E-state index contributed by atoms with van der Waals surface area (Å²) >= 11 is 5.12. The Balaban J connectivity index is 1.73. The van der Waals surface area contributed by atoms with Crippen molar-refractivity contribution in [3.8, 4) is 0 Å². The Kier molecular flexibility index (Phi) is 4.73. The number of carbonyl (C=O) groups excluding carboxylic acids is 1. The zero-order chi connectivity index (χ0) is 14.8. The van der Waals surface area contributed by atoms with Crippen molar-refractivity contribution in [3.63, 3.8) is 0 Å². The van der Waals surface area contributed by atoms with Crippen LogP contribution >= 0.6 is 27.9 Å². The minimum Gasteiger partial charge on any atom is -0.366 e. The van der Waals surface area contributed by atoms with E-state index in [4.69, 9.17) is 0 Å². The maximum atomic E-state index is 12.2. The van der Waals surface area contributed by atoms with Gasteiger partial charge < -0.3 is 15.5 Å². The first-order chi connectivity index (χ1) is 10.2. The molecular weight excluding hydrogens is 352 g/mol. The standard InChI is InChI=1S/C14H19BrN4OS/c1-16-8-13(20)19-6-2-3-11(19)14-17-10-5-4-9(15)7-12(10)21-18-14/h4-5,7,11,14,16-18H,2-3,6,8H2,1H3/t11?,14-/m1/s1. The summed E-state index contributed by atoms with van der Waals surface area (Å²) in [5, 5.41) is 6.47. The number of hydrogen-bond acceptors (Lipinski definition) is 5. The molecule has 1 aromatic carbocycles. The molecule has 1 saturated heterocycles. The number of amides is 1. The number of likely N-dealkylation sites (N-methyl/N-ethyl adjacent to an activating group) is 1. The molecule has 2 heterocycles. The first-order valence-corrected chi connectivity index (χ1v) is 8.72. The van der Waals surface area contributed by atoms with Gasteiger partial charge in [0.05, 0.1) is 18.3 Å². The number of fused-ring (bicyclic) bond motifs is 1. The molecule has 1 aromatic rings. The summed E-state index contributed by atoms with van der Waals surface area (Å²) in [6.45, 7) is 1.25. The quantitative estimate of drug-likeness (QED) is 0.710. The van der Waals surface area contributed by atoms with Crippen LogP contribution in [0.3, 0.4) is 0 Å². The third kappa shape index (κ3) is 3.21. The van der Waals surface area contributed by atoms with Crippen LogP contribution < -0.4 is 15.4 Å². The van der Waals surface area contributed by atoms with Crippen molar-refractivity contribution in [1.82, 2.24) is 14.9 Å². The van der Waals surface area contributed by atoms with Crippen LogP contribution in [0, 0.1) is 0 Å². The molecule has 7 heteroatoms. The highest BCUT2D eigenvalue weighted by Gasteiger charge is 2.36. The third-order valence-corrected chi connectivity index (χ3v) is 5.31. The van der Waals surface area contributed by atoms with Crippen LogP contribution in [-0.4, -0.2) is 43.2 Å². The Hall–Kier alpha value is -0.760. The number of nitrogens with zero attached hydrogens (tertiary/aromatic N) is 1. The lowest BCUT2D eigenvalue weighted by Gasteiger charge is -2.36. The fourth-order valence-corrected chi connectivity index (χ4v) is 4.31. The zero-order valence-corrected chi connectivity index (χ0v) is 14.3.